The van der Waals surface area contributed by atoms with Crippen LogP contribution in [0.4, 0.5) is 4.39 Å². The first kappa shape index (κ1) is 17.4. The molecule has 0 saturated heterocycles. The monoisotopic (exact) mass is 374 g/mol. The summed E-state index contributed by atoms with van der Waals surface area (Å²) >= 11 is 2.69. The molecular weight excluding hydrogens is 359 g/mol. The minimum Gasteiger partial charge on any atom is -0.618 e. The summed E-state index contributed by atoms with van der Waals surface area (Å²) in [6, 6.07) is 14.6. The lowest BCUT2D eigenvalue weighted by Crippen LogP contribution is -2.32. The Morgan fingerprint density at radius 2 is 2.00 bits per heavy atom. The first-order valence-corrected chi connectivity index (χ1v) is 9.39. The van der Waals surface area contributed by atoms with Crippen LogP contribution in [0, 0.1) is 11.0 Å². The summed E-state index contributed by atoms with van der Waals surface area (Å²) in [5.74, 6) is -0.397. The van der Waals surface area contributed by atoms with Crippen LogP contribution in [0.1, 0.15) is 16.5 Å². The molecule has 3 rings (SSSR count). The second-order valence-corrected chi connectivity index (χ2v) is 7.20. The first-order valence-electron chi connectivity index (χ1n) is 7.53. The highest BCUT2D eigenvalue weighted by atomic mass is 32.2. The Hall–Kier alpha value is -2.38. The maximum absolute atomic E-state index is 13.2. The molecule has 128 valence electrons. The van der Waals surface area contributed by atoms with E-state index in [-0.39, 0.29) is 23.5 Å². The number of thioether (sulfide) groups is 1. The zero-order valence-corrected chi connectivity index (χ0v) is 14.7. The lowest BCUT2D eigenvalue weighted by Gasteiger charge is -2.18. The number of nitrogens with zero attached hydrogens (tertiary/aromatic N) is 1. The van der Waals surface area contributed by atoms with E-state index in [2.05, 4.69) is 5.32 Å². The molecule has 0 aliphatic rings. The average molecular weight is 374 g/mol. The molecule has 1 N–H and O–H groups in total. The average Bonchev–Trinajstić information content (AvgIpc) is 3.14. The molecule has 0 fully saturated rings. The Bertz CT molecular complexity index is 839. The van der Waals surface area contributed by atoms with Gasteiger partial charge in [0.25, 0.3) is 5.03 Å². The van der Waals surface area contributed by atoms with Crippen LogP contribution in [-0.2, 0) is 4.79 Å². The number of amides is 1. The van der Waals surface area contributed by atoms with Crippen molar-refractivity contribution in [2.24, 2.45) is 0 Å². The third-order valence-electron chi connectivity index (χ3n) is 3.48. The standard InChI is InChI=1S/C18H15FN2O2S2/c19-14-8-6-13(7-9-14)18(15-4-3-11-24-15)20-16(22)12-25-17-5-1-2-10-21(17)23/h1-11,18H,12H2,(H,20,22)/t18-/m1/s1. The van der Waals surface area contributed by atoms with Gasteiger partial charge in [-0.1, -0.05) is 18.2 Å². The number of carbonyl (C=O) groups excluding carboxylic acids is 1. The van der Waals surface area contributed by atoms with Crippen molar-refractivity contribution in [2.75, 3.05) is 5.75 Å². The van der Waals surface area contributed by atoms with E-state index in [9.17, 15) is 14.4 Å². The van der Waals surface area contributed by atoms with Gasteiger partial charge in [0.15, 0.2) is 6.20 Å². The van der Waals surface area contributed by atoms with Gasteiger partial charge in [-0.05, 0) is 47.0 Å². The van der Waals surface area contributed by atoms with Crippen LogP contribution in [0.15, 0.2) is 71.2 Å². The molecule has 7 heteroatoms. The van der Waals surface area contributed by atoms with Crippen molar-refractivity contribution in [2.45, 2.75) is 11.1 Å². The second kappa shape index (κ2) is 8.13. The molecule has 0 bridgehead atoms. The Morgan fingerprint density at radius 3 is 2.68 bits per heavy atom. The van der Waals surface area contributed by atoms with Gasteiger partial charge in [-0.25, -0.2) is 4.39 Å². The van der Waals surface area contributed by atoms with Crippen LogP contribution in [-0.4, -0.2) is 11.7 Å². The van der Waals surface area contributed by atoms with Crippen molar-refractivity contribution in [3.05, 3.63) is 87.6 Å². The van der Waals surface area contributed by atoms with Crippen molar-refractivity contribution in [3.63, 3.8) is 0 Å². The largest absolute Gasteiger partial charge is 0.618 e. The Labute approximate surface area is 152 Å². The molecule has 0 saturated carbocycles. The van der Waals surface area contributed by atoms with Crippen LogP contribution in [0.5, 0.6) is 0 Å². The molecule has 1 amide bonds. The number of hydrogen-bond acceptors (Lipinski definition) is 4. The number of hydrogen-bond donors (Lipinski definition) is 1. The summed E-state index contributed by atoms with van der Waals surface area (Å²) in [5.41, 5.74) is 0.806. The maximum Gasteiger partial charge on any atom is 0.251 e. The van der Waals surface area contributed by atoms with Crippen LogP contribution in [0.25, 0.3) is 0 Å². The fourth-order valence-corrected chi connectivity index (χ4v) is 3.82. The van der Waals surface area contributed by atoms with Gasteiger partial charge in [-0.3, -0.25) is 4.79 Å². The summed E-state index contributed by atoms with van der Waals surface area (Å²) in [6.07, 6.45) is 1.40. The molecule has 3 aromatic rings. The van der Waals surface area contributed by atoms with Crippen molar-refractivity contribution >= 4 is 29.0 Å². The SMILES string of the molecule is O=C(CSc1cccc[n+]1[O-])N[C@H](c1ccc(F)cc1)c1cccs1. The van der Waals surface area contributed by atoms with Gasteiger partial charge in [0, 0.05) is 17.0 Å². The molecule has 25 heavy (non-hydrogen) atoms. The number of pyridine rings is 1. The molecule has 4 nitrogen and oxygen atoms in total. The van der Waals surface area contributed by atoms with Crippen LogP contribution in [0.3, 0.4) is 0 Å². The van der Waals surface area contributed by atoms with Crippen LogP contribution >= 0.6 is 23.1 Å². The fourth-order valence-electron chi connectivity index (χ4n) is 2.30. The lowest BCUT2D eigenvalue weighted by molar-refractivity contribution is -0.645. The number of rotatable bonds is 6. The summed E-state index contributed by atoms with van der Waals surface area (Å²) in [4.78, 5) is 13.3. The van der Waals surface area contributed by atoms with Gasteiger partial charge in [-0.15, -0.1) is 11.3 Å². The smallest absolute Gasteiger partial charge is 0.251 e. The molecule has 0 unspecified atom stereocenters. The van der Waals surface area contributed by atoms with E-state index in [1.165, 1.54) is 41.4 Å². The molecule has 1 atom stereocenters. The van der Waals surface area contributed by atoms with Crippen LogP contribution in [0.2, 0.25) is 0 Å². The molecule has 2 aromatic heterocycles. The van der Waals surface area contributed by atoms with Crippen molar-refractivity contribution in [3.8, 4) is 0 Å². The van der Waals surface area contributed by atoms with Crippen molar-refractivity contribution in [1.82, 2.24) is 5.32 Å². The maximum atomic E-state index is 13.2. The molecule has 1 aromatic carbocycles. The quantitative estimate of drug-likeness (QED) is 0.408. The highest BCUT2D eigenvalue weighted by Crippen LogP contribution is 2.26. The Kier molecular flexibility index (Phi) is 5.67. The first-order chi connectivity index (χ1) is 12.1. The van der Waals surface area contributed by atoms with E-state index in [1.54, 1.807) is 30.3 Å². The number of thiophene rings is 1. The zero-order valence-electron chi connectivity index (χ0n) is 13.1. The molecular formula is C18H15FN2O2S2. The Morgan fingerprint density at radius 1 is 1.20 bits per heavy atom. The number of benzene rings is 1. The Balaban J connectivity index is 1.71. The predicted molar refractivity (Wildman–Crippen MR) is 96.8 cm³/mol. The van der Waals surface area contributed by atoms with Gasteiger partial charge in [0.1, 0.15) is 5.82 Å². The van der Waals surface area contributed by atoms with Crippen molar-refractivity contribution < 1.29 is 13.9 Å². The van der Waals surface area contributed by atoms with Crippen molar-refractivity contribution in [1.29, 1.82) is 0 Å². The van der Waals surface area contributed by atoms with Gasteiger partial charge >= 0.3 is 0 Å². The van der Waals surface area contributed by atoms with Gasteiger partial charge < -0.3 is 10.5 Å². The minimum absolute atomic E-state index is 0.120. The second-order valence-electron chi connectivity index (χ2n) is 5.22. The number of nitrogens with one attached hydrogen (secondary N) is 1. The van der Waals surface area contributed by atoms with Gasteiger partial charge in [0.2, 0.25) is 5.91 Å². The highest BCUT2D eigenvalue weighted by molar-refractivity contribution is 7.99. The van der Waals surface area contributed by atoms with Gasteiger partial charge in [-0.2, -0.15) is 4.73 Å². The molecule has 0 spiro atoms. The third-order valence-corrected chi connectivity index (χ3v) is 5.43. The summed E-state index contributed by atoms with van der Waals surface area (Å²) in [6.45, 7) is 0. The predicted octanol–water partition coefficient (Wildman–Crippen LogP) is 3.52. The number of halogens is 1. The normalized spacial score (nSPS) is 11.9. The van der Waals surface area contributed by atoms with E-state index in [4.69, 9.17) is 0 Å². The van der Waals surface area contributed by atoms with E-state index >= 15 is 0 Å². The molecule has 0 radical (unpaired) electrons. The van der Waals surface area contributed by atoms with E-state index in [1.807, 2.05) is 17.5 Å². The lowest BCUT2D eigenvalue weighted by atomic mass is 10.1. The highest BCUT2D eigenvalue weighted by Gasteiger charge is 2.19. The molecule has 0 aliphatic heterocycles. The third kappa shape index (κ3) is 4.58. The van der Waals surface area contributed by atoms with Crippen LogP contribution < -0.4 is 10.0 Å². The van der Waals surface area contributed by atoms with Gasteiger partial charge in [0.05, 0.1) is 11.8 Å². The van der Waals surface area contributed by atoms with E-state index in [0.717, 1.165) is 15.2 Å². The van der Waals surface area contributed by atoms with E-state index in [0.29, 0.717) is 5.03 Å². The number of carbonyl (C=O) groups is 1. The topological polar surface area (TPSA) is 56.0 Å². The number of aromatic nitrogens is 1. The zero-order chi connectivity index (χ0) is 17.6. The summed E-state index contributed by atoms with van der Waals surface area (Å²) < 4.78 is 13.9. The summed E-state index contributed by atoms with van der Waals surface area (Å²) in [5, 5.41) is 17.0. The molecule has 2 heterocycles. The molecule has 0 aliphatic carbocycles. The summed E-state index contributed by atoms with van der Waals surface area (Å²) in [7, 11) is 0. The van der Waals surface area contributed by atoms with E-state index < -0.39 is 0 Å². The fraction of sp³-hybridized carbons (Fsp3) is 0.111. The minimum atomic E-state index is -0.344.